The number of nitrogens with zero attached hydrogens (tertiary/aromatic N) is 5. The van der Waals surface area contributed by atoms with Gasteiger partial charge in [-0.1, -0.05) is 188 Å². The third-order valence-electron chi connectivity index (χ3n) is 17.1. The zero-order chi connectivity index (χ0) is 60.1. The summed E-state index contributed by atoms with van der Waals surface area (Å²) >= 11 is 0. The first-order chi connectivity index (χ1) is 43.4. The molecule has 0 saturated heterocycles. The summed E-state index contributed by atoms with van der Waals surface area (Å²) in [7, 11) is 0. The van der Waals surface area contributed by atoms with Crippen molar-refractivity contribution >= 4 is 65.4 Å². The Morgan fingerprint density at radius 3 is 1.11 bits per heavy atom. The molecular formula is C78H47F6N5. The largest absolute Gasteiger partial charge is 0.417 e. The summed E-state index contributed by atoms with van der Waals surface area (Å²) in [6, 6.07) is 91.5. The lowest BCUT2D eigenvalue weighted by molar-refractivity contribution is -0.142. The van der Waals surface area contributed by atoms with Gasteiger partial charge in [-0.05, 0) is 119 Å². The van der Waals surface area contributed by atoms with Gasteiger partial charge in [0.15, 0.2) is 5.82 Å². The summed E-state index contributed by atoms with van der Waals surface area (Å²) in [5.41, 5.74) is 12.6. The van der Waals surface area contributed by atoms with Crippen LogP contribution in [-0.4, -0.2) is 23.7 Å². The average molecular weight is 1170 g/mol. The van der Waals surface area contributed by atoms with Crippen LogP contribution < -0.4 is 0 Å². The van der Waals surface area contributed by atoms with Gasteiger partial charge in [-0.15, -0.1) is 0 Å². The first-order valence-electron chi connectivity index (χ1n) is 29.1. The summed E-state index contributed by atoms with van der Waals surface area (Å²) < 4.78 is 93.9. The van der Waals surface area contributed by atoms with Crippen molar-refractivity contribution in [1.29, 1.82) is 0 Å². The molecule has 16 rings (SSSR count). The van der Waals surface area contributed by atoms with Gasteiger partial charge in [0.25, 0.3) is 0 Å². The second-order valence-corrected chi connectivity index (χ2v) is 22.3. The van der Waals surface area contributed by atoms with Gasteiger partial charge in [0, 0.05) is 71.5 Å². The minimum absolute atomic E-state index is 0.116. The summed E-state index contributed by atoms with van der Waals surface area (Å²) in [4.78, 5) is 10.6. The molecule has 11 heteroatoms. The molecule has 0 spiro atoms. The van der Waals surface area contributed by atoms with E-state index in [0.717, 1.165) is 122 Å². The van der Waals surface area contributed by atoms with E-state index in [9.17, 15) is 26.3 Å². The Balaban J connectivity index is 0.991. The van der Waals surface area contributed by atoms with Crippen molar-refractivity contribution in [3.63, 3.8) is 0 Å². The van der Waals surface area contributed by atoms with E-state index in [4.69, 9.17) is 9.97 Å². The average Bonchev–Trinajstić information content (AvgIpc) is 2.17. The Hall–Kier alpha value is -11.3. The Bertz CT molecular complexity index is 5100. The van der Waals surface area contributed by atoms with Gasteiger partial charge in [0.05, 0.1) is 61.3 Å². The Morgan fingerprint density at radius 2 is 0.652 bits per heavy atom. The van der Waals surface area contributed by atoms with E-state index in [2.05, 4.69) is 147 Å². The zero-order valence-electron chi connectivity index (χ0n) is 47.1. The molecule has 12 aromatic carbocycles. The smallest absolute Gasteiger partial charge is 0.309 e. The fourth-order valence-corrected chi connectivity index (χ4v) is 13.1. The molecule has 4 aromatic heterocycles. The van der Waals surface area contributed by atoms with Crippen molar-refractivity contribution in [1.82, 2.24) is 23.7 Å². The highest BCUT2D eigenvalue weighted by molar-refractivity contribution is 6.13. The third kappa shape index (κ3) is 9.03. The van der Waals surface area contributed by atoms with Gasteiger partial charge in [0.2, 0.25) is 0 Å². The van der Waals surface area contributed by atoms with Crippen molar-refractivity contribution in [2.45, 2.75) is 12.4 Å². The maximum absolute atomic E-state index is 15.0. The quantitative estimate of drug-likeness (QED) is 0.135. The van der Waals surface area contributed by atoms with Crippen LogP contribution in [0.4, 0.5) is 26.3 Å². The second kappa shape index (κ2) is 20.7. The lowest BCUT2D eigenvalue weighted by Crippen LogP contribution is -2.12. The molecular weight excluding hydrogens is 1120 g/mol. The number of rotatable bonds is 9. The van der Waals surface area contributed by atoms with Crippen molar-refractivity contribution in [2.75, 3.05) is 0 Å². The van der Waals surface area contributed by atoms with Crippen LogP contribution in [0.15, 0.2) is 285 Å². The number of fused-ring (bicyclic) bond motifs is 9. The maximum Gasteiger partial charge on any atom is 0.417 e. The minimum atomic E-state index is -5.09. The molecule has 5 nitrogen and oxygen atoms in total. The molecule has 0 N–H and O–H groups in total. The van der Waals surface area contributed by atoms with Gasteiger partial charge in [-0.2, -0.15) is 26.3 Å². The van der Waals surface area contributed by atoms with Crippen LogP contribution in [0.2, 0.25) is 0 Å². The number of alkyl halides is 6. The van der Waals surface area contributed by atoms with Crippen molar-refractivity contribution in [2.24, 2.45) is 0 Å². The summed E-state index contributed by atoms with van der Waals surface area (Å²) in [6.07, 6.45) is -10.1. The van der Waals surface area contributed by atoms with Crippen LogP contribution in [0.1, 0.15) is 11.1 Å². The molecule has 0 aliphatic heterocycles. The third-order valence-corrected chi connectivity index (χ3v) is 17.1. The van der Waals surface area contributed by atoms with Gasteiger partial charge in [0.1, 0.15) is 0 Å². The van der Waals surface area contributed by atoms with Crippen LogP contribution in [-0.2, 0) is 12.4 Å². The van der Waals surface area contributed by atoms with Crippen molar-refractivity contribution < 1.29 is 26.3 Å². The molecule has 89 heavy (non-hydrogen) atoms. The molecule has 0 radical (unpaired) electrons. The van der Waals surface area contributed by atoms with E-state index in [0.29, 0.717) is 28.5 Å². The molecule has 0 unspecified atom stereocenters. The molecule has 4 heterocycles. The zero-order valence-corrected chi connectivity index (χ0v) is 47.1. The van der Waals surface area contributed by atoms with Crippen LogP contribution in [0.3, 0.4) is 0 Å². The molecule has 0 fully saturated rings. The lowest BCUT2D eigenvalue weighted by Gasteiger charge is -2.22. The highest BCUT2D eigenvalue weighted by atomic mass is 19.4. The van der Waals surface area contributed by atoms with Crippen LogP contribution in [0.25, 0.3) is 150 Å². The lowest BCUT2D eigenvalue weighted by atomic mass is 9.91. The van der Waals surface area contributed by atoms with Crippen LogP contribution >= 0.6 is 0 Å². The summed E-state index contributed by atoms with van der Waals surface area (Å²) in [6.45, 7) is 0. The number of para-hydroxylation sites is 5. The number of benzene rings is 12. The topological polar surface area (TPSA) is 40.6 Å². The highest BCUT2D eigenvalue weighted by Crippen LogP contribution is 2.48. The molecule has 0 aliphatic carbocycles. The molecule has 0 atom stereocenters. The second-order valence-electron chi connectivity index (χ2n) is 22.3. The van der Waals surface area contributed by atoms with E-state index in [1.54, 1.807) is 18.2 Å². The van der Waals surface area contributed by atoms with Gasteiger partial charge in [-0.25, -0.2) is 9.97 Å². The Labute approximate surface area is 505 Å². The van der Waals surface area contributed by atoms with Crippen LogP contribution in [0.5, 0.6) is 0 Å². The monoisotopic (exact) mass is 1170 g/mol. The molecule has 0 bridgehead atoms. The first kappa shape index (κ1) is 53.2. The Kier molecular flexibility index (Phi) is 12.4. The van der Waals surface area contributed by atoms with Crippen molar-refractivity contribution in [3.05, 3.63) is 296 Å². The molecule has 426 valence electrons. The predicted octanol–water partition coefficient (Wildman–Crippen LogP) is 21.8. The summed E-state index contributed by atoms with van der Waals surface area (Å²) in [5.74, 6) is 0.542. The van der Waals surface area contributed by atoms with Gasteiger partial charge < -0.3 is 13.7 Å². The van der Waals surface area contributed by atoms with Gasteiger partial charge >= 0.3 is 12.4 Å². The van der Waals surface area contributed by atoms with Gasteiger partial charge in [-0.3, -0.25) is 0 Å². The van der Waals surface area contributed by atoms with Crippen molar-refractivity contribution in [3.8, 4) is 84.3 Å². The van der Waals surface area contributed by atoms with E-state index in [1.807, 2.05) is 115 Å². The van der Waals surface area contributed by atoms with E-state index >= 15 is 0 Å². The van der Waals surface area contributed by atoms with Crippen LogP contribution in [0, 0.1) is 0 Å². The van der Waals surface area contributed by atoms with E-state index < -0.39 is 23.5 Å². The fourth-order valence-electron chi connectivity index (χ4n) is 13.1. The number of hydrogen-bond donors (Lipinski definition) is 0. The SMILES string of the molecule is FC(F)(F)c1ccc(-c2ccc3c(c2)c2ccccc2n3-c2c(-c3ccc(-n4c5ccccc5c5ccccc54)cc3)cc(-c3cc(-c4ccccc4)nc(-c4ccccc4)n3)cc2-c2ccc(-n3c4ccccc4c4ccccc43)cc2)c(C(F)(F)F)c1. The fraction of sp³-hybridized carbons (Fsp3) is 0.0256. The first-order valence-corrected chi connectivity index (χ1v) is 29.1. The van der Waals surface area contributed by atoms with E-state index in [1.165, 1.54) is 0 Å². The summed E-state index contributed by atoms with van der Waals surface area (Å²) in [5, 5.41) is 5.86. The minimum Gasteiger partial charge on any atom is -0.309 e. The number of halogens is 6. The molecule has 16 aromatic rings. The normalized spacial score (nSPS) is 12.2. The Morgan fingerprint density at radius 1 is 0.258 bits per heavy atom. The standard InChI is InChI=1S/C78H47F6N5/c79-77(80,81)54-36-41-57(66(46-54)78(82,83)84)52-35-42-74-65(43-52)62-25-11-16-30-73(62)89(74)75-63(48-31-37-55(38-32-48)87-69-26-12-7-21-58(69)59-22-8-13-27-70(59)87)44-53(68-47-67(50-17-3-1-4-18-50)85-76(86-68)51-19-5-2-6-20-51)45-64(75)49-33-39-56(40-34-49)88-71-28-14-9-23-60(71)61-24-10-15-29-72(61)88/h1-47H. The molecule has 0 saturated carbocycles. The number of aromatic nitrogens is 5. The van der Waals surface area contributed by atoms with E-state index in [-0.39, 0.29) is 17.2 Å². The molecule has 0 aliphatic rings. The number of hydrogen-bond acceptors (Lipinski definition) is 2. The highest BCUT2D eigenvalue weighted by Gasteiger charge is 2.39. The molecule has 0 amide bonds. The maximum atomic E-state index is 15.0. The predicted molar refractivity (Wildman–Crippen MR) is 348 cm³/mol.